The number of anilines is 1. The standard InChI is InChI=1S/C21H24N2O4/c1-21(2,3)20-23-17-13-15(9-10-18(17)27-20)22-19(24)14-25-11-12-26-16-7-5-4-6-8-16/h4-10,13H,11-12,14H2,1-3H3,(H,22,24). The molecule has 3 aromatic rings. The van der Waals surface area contributed by atoms with Gasteiger partial charge in [-0.15, -0.1) is 0 Å². The van der Waals surface area contributed by atoms with Crippen molar-refractivity contribution < 1.29 is 18.7 Å². The molecule has 0 unspecified atom stereocenters. The maximum atomic E-state index is 12.0. The first-order valence-corrected chi connectivity index (χ1v) is 8.88. The van der Waals surface area contributed by atoms with Crippen molar-refractivity contribution in [2.24, 2.45) is 0 Å². The lowest BCUT2D eigenvalue weighted by atomic mass is 9.97. The van der Waals surface area contributed by atoms with Gasteiger partial charge >= 0.3 is 0 Å². The molecule has 0 radical (unpaired) electrons. The van der Waals surface area contributed by atoms with E-state index >= 15 is 0 Å². The zero-order valence-corrected chi connectivity index (χ0v) is 15.8. The molecular weight excluding hydrogens is 344 g/mol. The number of fused-ring (bicyclic) bond motifs is 1. The Bertz CT molecular complexity index is 897. The molecule has 1 heterocycles. The first-order chi connectivity index (χ1) is 12.9. The van der Waals surface area contributed by atoms with Crippen molar-refractivity contribution in [1.82, 2.24) is 4.98 Å². The van der Waals surface area contributed by atoms with Gasteiger partial charge in [-0.25, -0.2) is 4.98 Å². The van der Waals surface area contributed by atoms with Gasteiger partial charge in [0.25, 0.3) is 0 Å². The van der Waals surface area contributed by atoms with Crippen molar-refractivity contribution in [3.63, 3.8) is 0 Å². The molecule has 0 saturated carbocycles. The van der Waals surface area contributed by atoms with Crippen LogP contribution >= 0.6 is 0 Å². The van der Waals surface area contributed by atoms with Crippen molar-refractivity contribution in [3.05, 3.63) is 54.4 Å². The molecule has 27 heavy (non-hydrogen) atoms. The number of aromatic nitrogens is 1. The average Bonchev–Trinajstić information content (AvgIpc) is 3.06. The van der Waals surface area contributed by atoms with Crippen LogP contribution in [0.25, 0.3) is 11.1 Å². The van der Waals surface area contributed by atoms with E-state index in [1.165, 1.54) is 0 Å². The van der Waals surface area contributed by atoms with Gasteiger partial charge in [0.05, 0.1) is 6.61 Å². The van der Waals surface area contributed by atoms with Gasteiger partial charge in [-0.3, -0.25) is 4.79 Å². The minimum absolute atomic E-state index is 0.0394. The summed E-state index contributed by atoms with van der Waals surface area (Å²) in [7, 11) is 0. The molecule has 0 aliphatic carbocycles. The van der Waals surface area contributed by atoms with Gasteiger partial charge in [0.1, 0.15) is 24.5 Å². The number of oxazole rings is 1. The molecule has 0 aliphatic heterocycles. The number of rotatable bonds is 7. The number of para-hydroxylation sites is 1. The summed E-state index contributed by atoms with van der Waals surface area (Å²) in [5, 5.41) is 2.80. The summed E-state index contributed by atoms with van der Waals surface area (Å²) < 4.78 is 16.6. The quantitative estimate of drug-likeness (QED) is 0.634. The van der Waals surface area contributed by atoms with Crippen LogP contribution in [0.5, 0.6) is 5.75 Å². The summed E-state index contributed by atoms with van der Waals surface area (Å²) in [6.45, 7) is 6.80. The van der Waals surface area contributed by atoms with E-state index < -0.39 is 0 Å². The van der Waals surface area contributed by atoms with Crippen LogP contribution in [0, 0.1) is 0 Å². The smallest absolute Gasteiger partial charge is 0.250 e. The van der Waals surface area contributed by atoms with Crippen LogP contribution in [0.4, 0.5) is 5.69 Å². The number of nitrogens with zero attached hydrogens (tertiary/aromatic N) is 1. The Balaban J connectivity index is 1.46. The topological polar surface area (TPSA) is 73.6 Å². The van der Waals surface area contributed by atoms with Crippen LogP contribution < -0.4 is 10.1 Å². The van der Waals surface area contributed by atoms with E-state index in [1.54, 1.807) is 12.1 Å². The third-order valence-electron chi connectivity index (χ3n) is 3.79. The molecule has 0 spiro atoms. The Morgan fingerprint density at radius 1 is 1.11 bits per heavy atom. The lowest BCUT2D eigenvalue weighted by Crippen LogP contribution is -2.20. The normalized spacial score (nSPS) is 11.5. The van der Waals surface area contributed by atoms with Gasteiger partial charge in [0.2, 0.25) is 11.8 Å². The average molecular weight is 368 g/mol. The second kappa shape index (κ2) is 8.22. The van der Waals surface area contributed by atoms with Crippen molar-refractivity contribution in [2.75, 3.05) is 25.1 Å². The van der Waals surface area contributed by atoms with E-state index in [-0.39, 0.29) is 17.9 Å². The Morgan fingerprint density at radius 2 is 1.89 bits per heavy atom. The molecule has 2 aromatic carbocycles. The zero-order valence-electron chi connectivity index (χ0n) is 15.8. The number of carbonyl (C=O) groups excluding carboxylic acids is 1. The number of amides is 1. The van der Waals surface area contributed by atoms with Crippen LogP contribution in [-0.2, 0) is 14.9 Å². The van der Waals surface area contributed by atoms with Crippen LogP contribution in [0.3, 0.4) is 0 Å². The lowest BCUT2D eigenvalue weighted by molar-refractivity contribution is -0.120. The van der Waals surface area contributed by atoms with E-state index in [0.29, 0.717) is 30.4 Å². The fourth-order valence-electron chi connectivity index (χ4n) is 2.42. The largest absolute Gasteiger partial charge is 0.491 e. The Hall–Kier alpha value is -2.86. The lowest BCUT2D eigenvalue weighted by Gasteiger charge is -2.11. The van der Waals surface area contributed by atoms with Gasteiger partial charge in [-0.2, -0.15) is 0 Å². The van der Waals surface area contributed by atoms with Gasteiger partial charge < -0.3 is 19.2 Å². The number of nitrogens with one attached hydrogen (secondary N) is 1. The molecule has 1 amide bonds. The number of ether oxygens (including phenoxy) is 2. The minimum atomic E-state index is -0.228. The first-order valence-electron chi connectivity index (χ1n) is 8.88. The molecule has 1 N–H and O–H groups in total. The number of hydrogen-bond acceptors (Lipinski definition) is 5. The fourth-order valence-corrected chi connectivity index (χ4v) is 2.42. The fraction of sp³-hybridized carbons (Fsp3) is 0.333. The molecule has 0 aliphatic rings. The molecule has 3 rings (SSSR count). The summed E-state index contributed by atoms with van der Waals surface area (Å²) in [5.41, 5.74) is 1.91. The van der Waals surface area contributed by atoms with E-state index in [9.17, 15) is 4.79 Å². The summed E-state index contributed by atoms with van der Waals surface area (Å²) in [6.07, 6.45) is 0. The number of carbonyl (C=O) groups is 1. The summed E-state index contributed by atoms with van der Waals surface area (Å²) >= 11 is 0. The number of hydrogen-bond donors (Lipinski definition) is 1. The molecule has 0 atom stereocenters. The Morgan fingerprint density at radius 3 is 2.63 bits per heavy atom. The second-order valence-electron chi connectivity index (χ2n) is 7.21. The first kappa shape index (κ1) is 18.9. The highest BCUT2D eigenvalue weighted by Gasteiger charge is 2.21. The highest BCUT2D eigenvalue weighted by Crippen LogP contribution is 2.27. The number of benzene rings is 2. The molecule has 6 heteroatoms. The van der Waals surface area contributed by atoms with Gasteiger partial charge in [0.15, 0.2) is 5.58 Å². The van der Waals surface area contributed by atoms with Crippen molar-refractivity contribution >= 4 is 22.7 Å². The third-order valence-corrected chi connectivity index (χ3v) is 3.79. The third kappa shape index (κ3) is 5.31. The van der Waals surface area contributed by atoms with Crippen molar-refractivity contribution in [3.8, 4) is 5.75 Å². The zero-order chi connectivity index (χ0) is 19.3. The maximum absolute atomic E-state index is 12.0. The highest BCUT2D eigenvalue weighted by atomic mass is 16.5. The minimum Gasteiger partial charge on any atom is -0.491 e. The Kier molecular flexibility index (Phi) is 5.76. The highest BCUT2D eigenvalue weighted by molar-refractivity contribution is 5.93. The van der Waals surface area contributed by atoms with Crippen LogP contribution in [0.2, 0.25) is 0 Å². The summed E-state index contributed by atoms with van der Waals surface area (Å²) in [4.78, 5) is 16.5. The summed E-state index contributed by atoms with van der Waals surface area (Å²) in [5.74, 6) is 1.22. The van der Waals surface area contributed by atoms with Crippen LogP contribution in [-0.4, -0.2) is 30.7 Å². The molecule has 0 saturated heterocycles. The van der Waals surface area contributed by atoms with Gasteiger partial charge in [-0.1, -0.05) is 39.0 Å². The van der Waals surface area contributed by atoms with E-state index in [0.717, 1.165) is 11.3 Å². The monoisotopic (exact) mass is 368 g/mol. The van der Waals surface area contributed by atoms with E-state index in [1.807, 2.05) is 57.2 Å². The van der Waals surface area contributed by atoms with Crippen molar-refractivity contribution in [1.29, 1.82) is 0 Å². The molecule has 142 valence electrons. The maximum Gasteiger partial charge on any atom is 0.250 e. The predicted molar refractivity (Wildman–Crippen MR) is 104 cm³/mol. The van der Waals surface area contributed by atoms with E-state index in [4.69, 9.17) is 13.9 Å². The van der Waals surface area contributed by atoms with Gasteiger partial charge in [0, 0.05) is 11.1 Å². The van der Waals surface area contributed by atoms with E-state index in [2.05, 4.69) is 10.3 Å². The predicted octanol–water partition coefficient (Wildman–Crippen LogP) is 4.16. The molecule has 6 nitrogen and oxygen atoms in total. The molecule has 1 aromatic heterocycles. The molecule has 0 fully saturated rings. The SMILES string of the molecule is CC(C)(C)c1nc2cc(NC(=O)COCCOc3ccccc3)ccc2o1. The Labute approximate surface area is 158 Å². The molecule has 0 bridgehead atoms. The second-order valence-corrected chi connectivity index (χ2v) is 7.21. The summed E-state index contributed by atoms with van der Waals surface area (Å²) in [6, 6.07) is 14.9. The van der Waals surface area contributed by atoms with Gasteiger partial charge in [-0.05, 0) is 30.3 Å². The molecular formula is C21H24N2O4. The van der Waals surface area contributed by atoms with Crippen LogP contribution in [0.15, 0.2) is 52.9 Å². The van der Waals surface area contributed by atoms with Crippen LogP contribution in [0.1, 0.15) is 26.7 Å². The van der Waals surface area contributed by atoms with Crippen molar-refractivity contribution in [2.45, 2.75) is 26.2 Å².